The molecule has 0 aliphatic carbocycles. The Labute approximate surface area is 205 Å². The third-order valence-electron chi connectivity index (χ3n) is 6.83. The van der Waals surface area contributed by atoms with Crippen molar-refractivity contribution in [1.29, 1.82) is 0 Å². The van der Waals surface area contributed by atoms with E-state index in [0.29, 0.717) is 26.9 Å². The number of fused-ring (bicyclic) bond motifs is 6. The first-order chi connectivity index (χ1) is 17.8. The number of ether oxygens (including phenoxy) is 1. The van der Waals surface area contributed by atoms with Gasteiger partial charge in [0.25, 0.3) is 0 Å². The summed E-state index contributed by atoms with van der Waals surface area (Å²) in [6, 6.07) is 15.6. The first-order valence-corrected chi connectivity index (χ1v) is 11.3. The number of phenolic OH excluding ortho intramolecular Hbond substituents is 2. The molecule has 0 radical (unpaired) electrons. The van der Waals surface area contributed by atoms with Crippen molar-refractivity contribution in [3.63, 3.8) is 0 Å². The number of phenols is 2. The average molecular weight is 496 g/mol. The lowest BCUT2D eigenvalue weighted by molar-refractivity contribution is -0.00987. The molecule has 6 aromatic rings. The summed E-state index contributed by atoms with van der Waals surface area (Å²) in [6.45, 7) is 0. The van der Waals surface area contributed by atoms with Crippen molar-refractivity contribution < 1.29 is 34.0 Å². The molecule has 0 saturated carbocycles. The van der Waals surface area contributed by atoms with Gasteiger partial charge in [-0.05, 0) is 70.1 Å². The van der Waals surface area contributed by atoms with Crippen molar-refractivity contribution in [2.75, 3.05) is 0 Å². The maximum atomic E-state index is 13.1. The number of hydrogen-bond acceptors (Lipinski definition) is 9. The number of aliphatic hydroxyl groups excluding tert-OH is 1. The molecule has 2 unspecified atom stereocenters. The predicted octanol–water partition coefficient (Wildman–Crippen LogP) is 4.17. The molecule has 0 spiro atoms. The Balaban J connectivity index is 1.50. The molecule has 0 amide bonds. The highest BCUT2D eigenvalue weighted by Crippen LogP contribution is 2.46. The minimum atomic E-state index is -1.70. The molecule has 9 nitrogen and oxygen atoms in total. The van der Waals surface area contributed by atoms with E-state index in [2.05, 4.69) is 0 Å². The summed E-state index contributed by atoms with van der Waals surface area (Å²) in [7, 11) is 0. The zero-order valence-corrected chi connectivity index (χ0v) is 18.8. The van der Waals surface area contributed by atoms with E-state index >= 15 is 0 Å². The molecule has 3 heterocycles. The van der Waals surface area contributed by atoms with Gasteiger partial charge < -0.3 is 34.0 Å². The molecule has 182 valence electrons. The first kappa shape index (κ1) is 21.3. The fourth-order valence-electron chi connectivity index (χ4n) is 5.14. The molecule has 2 aromatic heterocycles. The average Bonchev–Trinajstić information content (AvgIpc) is 3.20. The molecule has 37 heavy (non-hydrogen) atoms. The highest BCUT2D eigenvalue weighted by atomic mass is 16.6. The summed E-state index contributed by atoms with van der Waals surface area (Å²) in [5.74, 6) is -1.81. The van der Waals surface area contributed by atoms with E-state index in [1.54, 1.807) is 30.3 Å². The van der Waals surface area contributed by atoms with Crippen molar-refractivity contribution in [3.8, 4) is 23.0 Å². The van der Waals surface area contributed by atoms with Gasteiger partial charge in [-0.2, -0.15) is 0 Å². The molecule has 1 aliphatic rings. The molecule has 4 aromatic carbocycles. The first-order valence-electron chi connectivity index (χ1n) is 11.3. The normalized spacial score (nSPS) is 17.0. The third-order valence-corrected chi connectivity index (χ3v) is 6.83. The summed E-state index contributed by atoms with van der Waals surface area (Å²) in [4.78, 5) is 26.2. The van der Waals surface area contributed by atoms with E-state index in [9.17, 15) is 30.0 Å². The van der Waals surface area contributed by atoms with Gasteiger partial charge in [0.05, 0.1) is 27.8 Å². The number of benzene rings is 4. The lowest BCUT2D eigenvalue weighted by atomic mass is 9.91. The highest BCUT2D eigenvalue weighted by molar-refractivity contribution is 6.01. The summed E-state index contributed by atoms with van der Waals surface area (Å²) >= 11 is 0. The van der Waals surface area contributed by atoms with Crippen molar-refractivity contribution in [2.24, 2.45) is 0 Å². The van der Waals surface area contributed by atoms with Crippen LogP contribution in [-0.2, 0) is 0 Å². The van der Waals surface area contributed by atoms with Gasteiger partial charge in [0.1, 0.15) is 34.2 Å². The molecule has 0 fully saturated rings. The molecule has 1 aliphatic heterocycles. The van der Waals surface area contributed by atoms with Crippen LogP contribution in [0.15, 0.2) is 79.1 Å². The van der Waals surface area contributed by atoms with Crippen LogP contribution in [-0.4, -0.2) is 26.7 Å². The summed E-state index contributed by atoms with van der Waals surface area (Å²) in [6.07, 6.45) is -1.70. The van der Waals surface area contributed by atoms with Gasteiger partial charge in [-0.15, -0.1) is 0 Å². The number of rotatable bonds is 1. The second-order valence-electron chi connectivity index (χ2n) is 9.03. The standard InChI is InChI=1S/C28H16O9/c29-15-3-1-11-9-19-17(7-13(11)5-15)24(31)22(27(33)35-19)21-23-25(37-26(21)32)18-8-14-6-16(30)4-2-12(14)10-20(18)36-28(23)34/h1-10,21,26,29-32H. The Hall–Kier alpha value is -5.02. The number of aromatic hydroxyl groups is 3. The SMILES string of the molecule is O=c1oc2cc3ccc(O)cc3cc2c(O)c1C1c2c(c3cc4cc(O)ccc4cc3oc2=O)OC1O. The van der Waals surface area contributed by atoms with Crippen LogP contribution in [0.2, 0.25) is 0 Å². The van der Waals surface area contributed by atoms with Crippen LogP contribution in [0.3, 0.4) is 0 Å². The molecular weight excluding hydrogens is 480 g/mol. The zero-order chi connectivity index (χ0) is 25.6. The quantitative estimate of drug-likeness (QED) is 0.194. The van der Waals surface area contributed by atoms with Crippen LogP contribution >= 0.6 is 0 Å². The van der Waals surface area contributed by atoms with Crippen LogP contribution in [0, 0.1) is 0 Å². The Morgan fingerprint density at radius 2 is 1.16 bits per heavy atom. The topological polar surface area (TPSA) is 151 Å². The van der Waals surface area contributed by atoms with E-state index in [1.165, 1.54) is 30.3 Å². The van der Waals surface area contributed by atoms with Crippen LogP contribution in [0.5, 0.6) is 23.0 Å². The van der Waals surface area contributed by atoms with Crippen LogP contribution in [0.25, 0.3) is 43.5 Å². The Morgan fingerprint density at radius 3 is 1.78 bits per heavy atom. The van der Waals surface area contributed by atoms with Gasteiger partial charge in [-0.25, -0.2) is 9.59 Å². The van der Waals surface area contributed by atoms with E-state index in [1.807, 2.05) is 0 Å². The minimum absolute atomic E-state index is 0.0105. The fourth-order valence-corrected chi connectivity index (χ4v) is 5.14. The van der Waals surface area contributed by atoms with E-state index < -0.39 is 29.2 Å². The largest absolute Gasteiger partial charge is 0.508 e. The maximum absolute atomic E-state index is 13.1. The van der Waals surface area contributed by atoms with Gasteiger partial charge in [0.15, 0.2) is 0 Å². The van der Waals surface area contributed by atoms with Crippen molar-refractivity contribution in [3.05, 3.63) is 92.6 Å². The molecular formula is C28H16O9. The Bertz CT molecular complexity index is 2070. The van der Waals surface area contributed by atoms with Crippen molar-refractivity contribution >= 4 is 43.5 Å². The number of hydrogen-bond donors (Lipinski definition) is 4. The second-order valence-corrected chi connectivity index (χ2v) is 9.03. The zero-order valence-electron chi connectivity index (χ0n) is 18.8. The lowest BCUT2D eigenvalue weighted by Gasteiger charge is -2.15. The summed E-state index contributed by atoms with van der Waals surface area (Å²) in [5, 5.41) is 44.8. The van der Waals surface area contributed by atoms with Gasteiger partial charge in [-0.1, -0.05) is 12.1 Å². The Kier molecular flexibility index (Phi) is 4.17. The van der Waals surface area contributed by atoms with E-state index in [-0.39, 0.29) is 44.9 Å². The van der Waals surface area contributed by atoms with Gasteiger partial charge in [0.2, 0.25) is 6.29 Å². The Morgan fingerprint density at radius 1 is 0.622 bits per heavy atom. The van der Waals surface area contributed by atoms with Crippen LogP contribution in [0.1, 0.15) is 17.0 Å². The van der Waals surface area contributed by atoms with E-state index in [0.717, 1.165) is 0 Å². The second kappa shape index (κ2) is 7.25. The monoisotopic (exact) mass is 496 g/mol. The molecule has 0 bridgehead atoms. The van der Waals surface area contributed by atoms with Gasteiger partial charge >= 0.3 is 11.3 Å². The van der Waals surface area contributed by atoms with Gasteiger partial charge in [-0.3, -0.25) is 0 Å². The molecule has 4 N–H and O–H groups in total. The molecule has 2 atom stereocenters. The minimum Gasteiger partial charge on any atom is -0.508 e. The van der Waals surface area contributed by atoms with Crippen LogP contribution in [0.4, 0.5) is 0 Å². The predicted molar refractivity (Wildman–Crippen MR) is 133 cm³/mol. The maximum Gasteiger partial charge on any atom is 0.344 e. The van der Waals surface area contributed by atoms with E-state index in [4.69, 9.17) is 13.6 Å². The fraction of sp³-hybridized carbons (Fsp3) is 0.0714. The smallest absolute Gasteiger partial charge is 0.344 e. The number of aliphatic hydroxyl groups is 1. The van der Waals surface area contributed by atoms with Gasteiger partial charge in [0, 0.05) is 0 Å². The lowest BCUT2D eigenvalue weighted by Crippen LogP contribution is -2.26. The third kappa shape index (κ3) is 3.01. The summed E-state index contributed by atoms with van der Waals surface area (Å²) < 4.78 is 16.7. The van der Waals surface area contributed by atoms with Crippen molar-refractivity contribution in [1.82, 2.24) is 0 Å². The highest BCUT2D eigenvalue weighted by Gasteiger charge is 2.43. The van der Waals surface area contributed by atoms with Crippen LogP contribution < -0.4 is 16.0 Å². The molecule has 7 rings (SSSR count). The van der Waals surface area contributed by atoms with Crippen molar-refractivity contribution in [2.45, 2.75) is 12.2 Å². The summed E-state index contributed by atoms with van der Waals surface area (Å²) in [5.41, 5.74) is -2.01. The molecule has 9 heteroatoms. The molecule has 0 saturated heterocycles.